The highest BCUT2D eigenvalue weighted by atomic mass is 19.4. The molecule has 1 saturated heterocycles. The number of carboxylic acids is 1. The monoisotopic (exact) mass is 183 g/mol. The molecule has 12 heavy (non-hydrogen) atoms. The van der Waals surface area contributed by atoms with Gasteiger partial charge in [-0.3, -0.25) is 4.79 Å². The second kappa shape index (κ2) is 2.62. The molecule has 3 nitrogen and oxygen atoms in total. The third-order valence-corrected chi connectivity index (χ3v) is 2.11. The van der Waals surface area contributed by atoms with Crippen LogP contribution in [-0.2, 0) is 4.79 Å². The molecule has 1 atom stereocenters. The highest BCUT2D eigenvalue weighted by Gasteiger charge is 2.61. The molecular formula is C6H8F3NO2. The first-order valence-corrected chi connectivity index (χ1v) is 3.41. The topological polar surface area (TPSA) is 49.3 Å². The second-order valence-electron chi connectivity index (χ2n) is 2.81. The summed E-state index contributed by atoms with van der Waals surface area (Å²) in [5.74, 6) is -1.79. The minimum Gasteiger partial charge on any atom is -0.481 e. The number of alkyl halides is 3. The van der Waals surface area contributed by atoms with Crippen molar-refractivity contribution in [1.29, 1.82) is 0 Å². The number of nitrogens with one attached hydrogen (secondary N) is 1. The predicted octanol–water partition coefficient (Wildman–Crippen LogP) is 0.613. The van der Waals surface area contributed by atoms with E-state index in [0.717, 1.165) is 0 Å². The van der Waals surface area contributed by atoms with Crippen LogP contribution in [0.1, 0.15) is 6.42 Å². The van der Waals surface area contributed by atoms with E-state index in [9.17, 15) is 18.0 Å². The lowest BCUT2D eigenvalue weighted by molar-refractivity contribution is -0.225. The first-order valence-electron chi connectivity index (χ1n) is 3.41. The van der Waals surface area contributed by atoms with Crippen LogP contribution < -0.4 is 5.32 Å². The molecule has 6 heteroatoms. The summed E-state index contributed by atoms with van der Waals surface area (Å²) >= 11 is 0. The molecule has 0 aromatic heterocycles. The Hall–Kier alpha value is -0.780. The lowest BCUT2D eigenvalue weighted by atomic mass is 9.87. The standard InChI is InChI=1S/C6H8F3NO2/c7-6(8,9)5(4(11)12)1-2-10-3-5/h10H,1-3H2,(H,11,12)/t5-/m0/s1. The fourth-order valence-electron chi connectivity index (χ4n) is 1.24. The van der Waals surface area contributed by atoms with Gasteiger partial charge in [0.2, 0.25) is 0 Å². The van der Waals surface area contributed by atoms with Gasteiger partial charge in [-0.2, -0.15) is 13.2 Å². The molecule has 0 aromatic rings. The van der Waals surface area contributed by atoms with Gasteiger partial charge < -0.3 is 10.4 Å². The molecule has 0 spiro atoms. The number of aliphatic carboxylic acids is 1. The molecule has 0 unspecified atom stereocenters. The molecule has 70 valence electrons. The van der Waals surface area contributed by atoms with E-state index in [2.05, 4.69) is 5.32 Å². The van der Waals surface area contributed by atoms with E-state index >= 15 is 0 Å². The number of hydrogen-bond donors (Lipinski definition) is 2. The van der Waals surface area contributed by atoms with Gasteiger partial charge in [-0.25, -0.2) is 0 Å². The number of rotatable bonds is 1. The van der Waals surface area contributed by atoms with Crippen molar-refractivity contribution in [2.45, 2.75) is 12.6 Å². The number of hydrogen-bond acceptors (Lipinski definition) is 2. The molecule has 0 aromatic carbocycles. The van der Waals surface area contributed by atoms with E-state index in [1.54, 1.807) is 0 Å². The average Bonchev–Trinajstić information content (AvgIpc) is 2.31. The van der Waals surface area contributed by atoms with Crippen molar-refractivity contribution in [3.05, 3.63) is 0 Å². The van der Waals surface area contributed by atoms with Gasteiger partial charge in [0.05, 0.1) is 0 Å². The Morgan fingerprint density at radius 2 is 2.08 bits per heavy atom. The Balaban J connectivity index is 2.94. The molecule has 2 N–H and O–H groups in total. The summed E-state index contributed by atoms with van der Waals surface area (Å²) in [6, 6.07) is 0. The van der Waals surface area contributed by atoms with Crippen LogP contribution in [-0.4, -0.2) is 30.3 Å². The molecule has 1 aliphatic heterocycles. The van der Waals surface area contributed by atoms with Gasteiger partial charge in [0.25, 0.3) is 0 Å². The molecule has 1 rings (SSSR count). The quantitative estimate of drug-likeness (QED) is 0.626. The van der Waals surface area contributed by atoms with Gasteiger partial charge in [0.1, 0.15) is 0 Å². The van der Waals surface area contributed by atoms with Crippen LogP contribution in [0, 0.1) is 5.41 Å². The van der Waals surface area contributed by atoms with E-state index in [0.29, 0.717) is 0 Å². The van der Waals surface area contributed by atoms with Crippen molar-refractivity contribution in [2.75, 3.05) is 13.1 Å². The maximum absolute atomic E-state index is 12.2. The normalized spacial score (nSPS) is 30.6. The highest BCUT2D eigenvalue weighted by molar-refractivity contribution is 5.76. The highest BCUT2D eigenvalue weighted by Crippen LogP contribution is 2.42. The van der Waals surface area contributed by atoms with Crippen molar-refractivity contribution in [3.63, 3.8) is 0 Å². The van der Waals surface area contributed by atoms with Gasteiger partial charge in [0.15, 0.2) is 5.41 Å². The van der Waals surface area contributed by atoms with Crippen LogP contribution in [0.15, 0.2) is 0 Å². The third-order valence-electron chi connectivity index (χ3n) is 2.11. The zero-order valence-electron chi connectivity index (χ0n) is 6.11. The minimum absolute atomic E-state index is 0.103. The Morgan fingerprint density at radius 3 is 2.25 bits per heavy atom. The van der Waals surface area contributed by atoms with Crippen LogP contribution in [0.5, 0.6) is 0 Å². The third kappa shape index (κ3) is 1.16. The van der Waals surface area contributed by atoms with Crippen molar-refractivity contribution in [3.8, 4) is 0 Å². The summed E-state index contributed by atoms with van der Waals surface area (Å²) < 4.78 is 36.7. The average molecular weight is 183 g/mol. The fraction of sp³-hybridized carbons (Fsp3) is 0.833. The summed E-state index contributed by atoms with van der Waals surface area (Å²) in [7, 11) is 0. The van der Waals surface area contributed by atoms with Gasteiger partial charge >= 0.3 is 12.1 Å². The van der Waals surface area contributed by atoms with Gasteiger partial charge in [0, 0.05) is 6.54 Å². The molecule has 1 fully saturated rings. The SMILES string of the molecule is O=C(O)[C@]1(C(F)(F)F)CCNC1. The van der Waals surface area contributed by atoms with Crippen LogP contribution in [0.4, 0.5) is 13.2 Å². The number of carboxylic acid groups (broad SMARTS) is 1. The van der Waals surface area contributed by atoms with Gasteiger partial charge in [-0.05, 0) is 13.0 Å². The van der Waals surface area contributed by atoms with Crippen molar-refractivity contribution >= 4 is 5.97 Å². The van der Waals surface area contributed by atoms with Crippen molar-refractivity contribution in [2.24, 2.45) is 5.41 Å². The lowest BCUT2D eigenvalue weighted by Crippen LogP contribution is -2.46. The van der Waals surface area contributed by atoms with E-state index in [-0.39, 0.29) is 13.0 Å². The van der Waals surface area contributed by atoms with Crippen molar-refractivity contribution < 1.29 is 23.1 Å². The number of halogens is 3. The van der Waals surface area contributed by atoms with Gasteiger partial charge in [-0.15, -0.1) is 0 Å². The maximum atomic E-state index is 12.2. The van der Waals surface area contributed by atoms with E-state index in [4.69, 9.17) is 5.11 Å². The lowest BCUT2D eigenvalue weighted by Gasteiger charge is -2.25. The molecule has 0 bridgehead atoms. The van der Waals surface area contributed by atoms with Crippen LogP contribution in [0.3, 0.4) is 0 Å². The summed E-state index contributed by atoms with van der Waals surface area (Å²) in [5, 5.41) is 10.8. The summed E-state index contributed by atoms with van der Waals surface area (Å²) in [6.07, 6.45) is -5.05. The molecule has 1 aliphatic rings. The van der Waals surface area contributed by atoms with Gasteiger partial charge in [-0.1, -0.05) is 0 Å². The van der Waals surface area contributed by atoms with Crippen LogP contribution in [0.2, 0.25) is 0 Å². The largest absolute Gasteiger partial charge is 0.481 e. The minimum atomic E-state index is -4.66. The van der Waals surface area contributed by atoms with E-state index in [1.807, 2.05) is 0 Å². The van der Waals surface area contributed by atoms with Crippen LogP contribution >= 0.6 is 0 Å². The maximum Gasteiger partial charge on any atom is 0.406 e. The molecule has 1 heterocycles. The molecule has 0 amide bonds. The zero-order chi connectivity index (χ0) is 9.41. The first-order chi connectivity index (χ1) is 5.40. The Kier molecular flexibility index (Phi) is 2.03. The Bertz CT molecular complexity index is 195. The molecule has 0 aliphatic carbocycles. The first kappa shape index (κ1) is 9.31. The summed E-state index contributed by atoms with van der Waals surface area (Å²) in [6.45, 7) is -0.419. The van der Waals surface area contributed by atoms with E-state index < -0.39 is 24.1 Å². The second-order valence-corrected chi connectivity index (χ2v) is 2.81. The summed E-state index contributed by atoms with van der Waals surface area (Å²) in [5.41, 5.74) is -2.56. The summed E-state index contributed by atoms with van der Waals surface area (Å²) in [4.78, 5) is 10.4. The molecule has 0 saturated carbocycles. The predicted molar refractivity (Wildman–Crippen MR) is 33.6 cm³/mol. The smallest absolute Gasteiger partial charge is 0.406 e. The molecule has 0 radical (unpaired) electrons. The van der Waals surface area contributed by atoms with Crippen LogP contribution in [0.25, 0.3) is 0 Å². The number of carbonyl (C=O) groups is 1. The zero-order valence-corrected chi connectivity index (χ0v) is 6.11. The fourth-order valence-corrected chi connectivity index (χ4v) is 1.24. The van der Waals surface area contributed by atoms with Crippen molar-refractivity contribution in [1.82, 2.24) is 5.32 Å². The van der Waals surface area contributed by atoms with E-state index in [1.165, 1.54) is 0 Å². The Morgan fingerprint density at radius 1 is 1.50 bits per heavy atom. The Labute approximate surface area is 66.6 Å². The molecular weight excluding hydrogens is 175 g/mol.